The number of halogens is 5. The van der Waals surface area contributed by atoms with Crippen molar-refractivity contribution in [1.82, 2.24) is 15.3 Å². The average Bonchev–Trinajstić information content (AvgIpc) is 3.37. The normalized spacial score (nSPS) is 17.4. The lowest BCUT2D eigenvalue weighted by atomic mass is 9.87. The van der Waals surface area contributed by atoms with E-state index in [1.165, 1.54) is 30.7 Å². The molecule has 1 saturated heterocycles. The molecule has 0 spiro atoms. The fourth-order valence-corrected chi connectivity index (χ4v) is 4.02. The first kappa shape index (κ1) is 27.9. The van der Waals surface area contributed by atoms with Gasteiger partial charge in [-0.05, 0) is 30.7 Å². The lowest BCUT2D eigenvalue weighted by molar-refractivity contribution is -0.137. The van der Waals surface area contributed by atoms with Crippen LogP contribution in [-0.2, 0) is 22.3 Å². The van der Waals surface area contributed by atoms with E-state index in [0.29, 0.717) is 0 Å². The number of para-hydroxylation sites is 1. The van der Waals surface area contributed by atoms with Crippen LogP contribution < -0.4 is 16.4 Å². The number of hydrogen-bond donors (Lipinski definition) is 3. The van der Waals surface area contributed by atoms with Crippen molar-refractivity contribution in [2.45, 2.75) is 19.1 Å². The molecular weight excluding hydrogens is 544 g/mol. The Bertz CT molecular complexity index is 1430. The molecule has 39 heavy (non-hydrogen) atoms. The van der Waals surface area contributed by atoms with E-state index in [1.54, 1.807) is 0 Å². The average molecular weight is 565 g/mol. The number of carbonyl (C=O) groups excluding carboxylic acids is 2. The number of amides is 2. The predicted molar refractivity (Wildman–Crippen MR) is 135 cm³/mol. The van der Waals surface area contributed by atoms with Crippen molar-refractivity contribution >= 4 is 46.7 Å². The highest BCUT2D eigenvalue weighted by atomic mass is 35.5. The smallest absolute Gasteiger partial charge is 0.397 e. The van der Waals surface area contributed by atoms with Crippen LogP contribution in [0.25, 0.3) is 0 Å². The summed E-state index contributed by atoms with van der Waals surface area (Å²) in [6.07, 6.45) is 0.547. The number of rotatable bonds is 7. The molecule has 0 saturated carbocycles. The molecule has 2 aromatic heterocycles. The third-order valence-corrected chi connectivity index (χ3v) is 6.19. The molecule has 1 aliphatic heterocycles. The van der Waals surface area contributed by atoms with Gasteiger partial charge in [0.05, 0.1) is 58.3 Å². The van der Waals surface area contributed by atoms with Crippen molar-refractivity contribution in [2.75, 3.05) is 24.3 Å². The van der Waals surface area contributed by atoms with Gasteiger partial charge in [-0.15, -0.1) is 0 Å². The van der Waals surface area contributed by atoms with Crippen LogP contribution in [0.15, 0.2) is 53.9 Å². The number of nitrogen functional groups attached to an aromatic ring is 1. The van der Waals surface area contributed by atoms with Gasteiger partial charge in [0.1, 0.15) is 11.2 Å². The zero-order valence-corrected chi connectivity index (χ0v) is 20.8. The molecule has 0 bridgehead atoms. The fraction of sp³-hybridized carbons (Fsp3) is 0.240. The highest BCUT2D eigenvalue weighted by Crippen LogP contribution is 2.37. The third-order valence-electron chi connectivity index (χ3n) is 5.86. The Morgan fingerprint density at radius 3 is 2.69 bits per heavy atom. The maximum absolute atomic E-state index is 14.2. The van der Waals surface area contributed by atoms with Gasteiger partial charge in [-0.1, -0.05) is 17.7 Å². The lowest BCUT2D eigenvalue weighted by Gasteiger charge is -2.21. The zero-order valence-electron chi connectivity index (χ0n) is 20.1. The second-order valence-electron chi connectivity index (χ2n) is 8.65. The first-order chi connectivity index (χ1) is 18.5. The van der Waals surface area contributed by atoms with E-state index < -0.39 is 40.5 Å². The minimum absolute atomic E-state index is 0.00743. The minimum Gasteiger partial charge on any atom is -0.397 e. The molecule has 204 valence electrons. The third kappa shape index (κ3) is 6.49. The summed E-state index contributed by atoms with van der Waals surface area (Å²) < 4.78 is 59.4. The number of carbonyl (C=O) groups is 2. The van der Waals surface area contributed by atoms with Gasteiger partial charge in [0.25, 0.3) is 5.91 Å². The summed E-state index contributed by atoms with van der Waals surface area (Å²) in [6.45, 7) is 0.107. The summed E-state index contributed by atoms with van der Waals surface area (Å²) >= 11 is 6.24. The van der Waals surface area contributed by atoms with Gasteiger partial charge in [-0.3, -0.25) is 19.6 Å². The van der Waals surface area contributed by atoms with Crippen LogP contribution in [0.2, 0.25) is 5.02 Å². The fourth-order valence-electron chi connectivity index (χ4n) is 3.79. The number of anilines is 3. The largest absolute Gasteiger partial charge is 0.418 e. The monoisotopic (exact) mass is 564 g/mol. The number of nitrogens with two attached hydrogens (primary N) is 1. The molecular formula is C25H21ClF4N6O3. The highest BCUT2D eigenvalue weighted by Gasteiger charge is 2.41. The Kier molecular flexibility index (Phi) is 8.11. The van der Waals surface area contributed by atoms with Gasteiger partial charge < -0.3 is 21.1 Å². The number of nitrogens with one attached hydrogen (secondary N) is 2. The Labute approximate surface area is 224 Å². The number of hydrogen-bond acceptors (Lipinski definition) is 7. The van der Waals surface area contributed by atoms with Gasteiger partial charge in [0, 0.05) is 25.2 Å². The summed E-state index contributed by atoms with van der Waals surface area (Å²) in [5, 5.41) is 5.05. The summed E-state index contributed by atoms with van der Waals surface area (Å²) in [7, 11) is 0. The molecule has 2 amide bonds. The number of alkyl halides is 3. The van der Waals surface area contributed by atoms with E-state index >= 15 is 0 Å². The molecule has 4 rings (SSSR count). The Balaban J connectivity index is 1.45. The molecule has 0 aliphatic carbocycles. The molecule has 1 atom stereocenters. The van der Waals surface area contributed by atoms with Crippen LogP contribution in [0, 0.1) is 11.2 Å². The second-order valence-corrected chi connectivity index (χ2v) is 9.06. The quantitative estimate of drug-likeness (QED) is 0.283. The van der Waals surface area contributed by atoms with E-state index in [4.69, 9.17) is 22.1 Å². The minimum atomic E-state index is -4.79. The summed E-state index contributed by atoms with van der Waals surface area (Å²) in [5.41, 5.74) is 3.11. The second kappa shape index (κ2) is 11.3. The maximum atomic E-state index is 14.2. The molecule has 9 nitrogen and oxygen atoms in total. The van der Waals surface area contributed by atoms with E-state index in [0.717, 1.165) is 24.4 Å². The topological polar surface area (TPSA) is 132 Å². The molecule has 3 aromatic rings. The van der Waals surface area contributed by atoms with E-state index in [-0.39, 0.29) is 53.8 Å². The van der Waals surface area contributed by atoms with E-state index in [9.17, 15) is 27.2 Å². The Morgan fingerprint density at radius 1 is 1.23 bits per heavy atom. The van der Waals surface area contributed by atoms with E-state index in [2.05, 4.69) is 25.6 Å². The first-order valence-electron chi connectivity index (χ1n) is 11.4. The predicted octanol–water partition coefficient (Wildman–Crippen LogP) is 4.55. The number of benzene rings is 1. The molecule has 0 radical (unpaired) electrons. The van der Waals surface area contributed by atoms with Gasteiger partial charge >= 0.3 is 6.18 Å². The number of ether oxygens (including phenoxy) is 1. The standard InChI is InChI=1S/C25H21ClF4N6O3/c26-18-7-16(36-21-17(25(28,29)30)2-1-3-19(21)27)10-33-20(18)11-34-23(38)24(4-5-39-13-24)12-35-22(37)14-6-15(31)9-32-8-14/h1-3,6-10,12,36H,4-5,11,13,31H2,(H,34,38)/t24-/m0/s1. The SMILES string of the molecule is Nc1cncc(C(=O)N=C[C@@]2(C(=O)NCc3ncc(Nc4c(F)cccc4C(F)(F)F)cc3Cl)CCOC2)c1. The van der Waals surface area contributed by atoms with Gasteiger partial charge in [0.15, 0.2) is 0 Å². The molecule has 4 N–H and O–H groups in total. The number of aromatic nitrogens is 2. The first-order valence-corrected chi connectivity index (χ1v) is 11.8. The summed E-state index contributed by atoms with van der Waals surface area (Å²) in [6, 6.07) is 5.26. The molecule has 0 unspecified atom stereocenters. The Hall–Kier alpha value is -4.10. The van der Waals surface area contributed by atoms with Gasteiger partial charge in [-0.25, -0.2) is 9.38 Å². The number of aliphatic imine (C=N–C) groups is 1. The summed E-state index contributed by atoms with van der Waals surface area (Å²) in [5.74, 6) is -2.23. The van der Waals surface area contributed by atoms with Crippen molar-refractivity contribution in [3.63, 3.8) is 0 Å². The van der Waals surface area contributed by atoms with Crippen molar-refractivity contribution in [1.29, 1.82) is 0 Å². The molecule has 1 fully saturated rings. The maximum Gasteiger partial charge on any atom is 0.418 e. The van der Waals surface area contributed by atoms with Crippen molar-refractivity contribution in [2.24, 2.45) is 10.4 Å². The van der Waals surface area contributed by atoms with Crippen LogP contribution in [-0.4, -0.2) is 41.2 Å². The van der Waals surface area contributed by atoms with E-state index in [1.807, 2.05) is 0 Å². The molecule has 3 heterocycles. The number of pyridine rings is 2. The van der Waals surface area contributed by atoms with Crippen LogP contribution >= 0.6 is 11.6 Å². The Morgan fingerprint density at radius 2 is 2.03 bits per heavy atom. The molecule has 14 heteroatoms. The highest BCUT2D eigenvalue weighted by molar-refractivity contribution is 6.31. The lowest BCUT2D eigenvalue weighted by Crippen LogP contribution is -2.42. The molecule has 1 aliphatic rings. The van der Waals surface area contributed by atoms with Gasteiger partial charge in [0.2, 0.25) is 5.91 Å². The van der Waals surface area contributed by atoms with Gasteiger partial charge in [-0.2, -0.15) is 13.2 Å². The zero-order chi connectivity index (χ0) is 28.2. The van der Waals surface area contributed by atoms with Crippen LogP contribution in [0.4, 0.5) is 34.6 Å². The molecule has 1 aromatic carbocycles. The van der Waals surface area contributed by atoms with Crippen LogP contribution in [0.5, 0.6) is 0 Å². The van der Waals surface area contributed by atoms with Crippen molar-refractivity contribution in [3.8, 4) is 0 Å². The van der Waals surface area contributed by atoms with Crippen LogP contribution in [0.3, 0.4) is 0 Å². The van der Waals surface area contributed by atoms with Crippen molar-refractivity contribution < 1.29 is 31.9 Å². The van der Waals surface area contributed by atoms with Crippen LogP contribution in [0.1, 0.15) is 28.0 Å². The summed E-state index contributed by atoms with van der Waals surface area (Å²) in [4.78, 5) is 37.3. The van der Waals surface area contributed by atoms with Crippen molar-refractivity contribution in [3.05, 3.63) is 76.6 Å². The number of nitrogens with zero attached hydrogens (tertiary/aromatic N) is 3.